The number of hydrogen-bond donors (Lipinski definition) is 1. The van der Waals surface area contributed by atoms with Crippen LogP contribution in [0.3, 0.4) is 0 Å². The summed E-state index contributed by atoms with van der Waals surface area (Å²) < 4.78 is 0. The molecule has 1 rings (SSSR count). The van der Waals surface area contributed by atoms with Gasteiger partial charge in [0.1, 0.15) is 6.29 Å². The number of nitrogens with one attached hydrogen (secondary N) is 1. The van der Waals surface area contributed by atoms with Crippen LogP contribution in [0.25, 0.3) is 0 Å². The Labute approximate surface area is 50.3 Å². The van der Waals surface area contributed by atoms with Crippen molar-refractivity contribution in [2.45, 2.75) is 26.3 Å². The van der Waals surface area contributed by atoms with Crippen LogP contribution < -0.4 is 5.32 Å². The van der Waals surface area contributed by atoms with Crippen LogP contribution in [0.1, 0.15) is 20.3 Å². The maximum Gasteiger partial charge on any atom is 0.136 e. The van der Waals surface area contributed by atoms with Gasteiger partial charge < -0.3 is 10.1 Å². The van der Waals surface area contributed by atoms with Crippen molar-refractivity contribution in [3.8, 4) is 0 Å². The van der Waals surface area contributed by atoms with Crippen LogP contribution >= 0.6 is 0 Å². The fourth-order valence-corrected chi connectivity index (χ4v) is 0.828. The molecule has 8 heavy (non-hydrogen) atoms. The largest absolute Gasteiger partial charge is 0.308 e. The fraction of sp³-hybridized carbons (Fsp3) is 0.833. The van der Waals surface area contributed by atoms with Gasteiger partial charge in [0.25, 0.3) is 0 Å². The maximum absolute atomic E-state index is 9.94. The zero-order chi connectivity index (χ0) is 5.11. The zero-order valence-corrected chi connectivity index (χ0v) is 4.18. The van der Waals surface area contributed by atoms with Crippen molar-refractivity contribution >= 4 is 6.29 Å². The van der Waals surface area contributed by atoms with Gasteiger partial charge in [-0.1, -0.05) is 7.43 Å². The summed E-state index contributed by atoms with van der Waals surface area (Å²) in [5.74, 6) is 0. The van der Waals surface area contributed by atoms with Gasteiger partial charge >= 0.3 is 0 Å². The minimum Gasteiger partial charge on any atom is -0.308 e. The van der Waals surface area contributed by atoms with E-state index in [2.05, 4.69) is 5.32 Å². The van der Waals surface area contributed by atoms with E-state index in [0.717, 1.165) is 25.7 Å². The SMILES string of the molecule is C.O=CC1CCCN1. The molecule has 1 unspecified atom stereocenters. The third kappa shape index (κ3) is 1.62. The zero-order valence-electron chi connectivity index (χ0n) is 4.18. The summed E-state index contributed by atoms with van der Waals surface area (Å²) in [5.41, 5.74) is 0. The first kappa shape index (κ1) is 7.63. The van der Waals surface area contributed by atoms with Crippen molar-refractivity contribution in [1.29, 1.82) is 0 Å². The predicted molar refractivity (Wildman–Crippen MR) is 33.8 cm³/mol. The van der Waals surface area contributed by atoms with E-state index < -0.39 is 0 Å². The Kier molecular flexibility index (Phi) is 3.44. The number of aldehydes is 1. The van der Waals surface area contributed by atoms with Crippen LogP contribution in [-0.4, -0.2) is 18.9 Å². The highest BCUT2D eigenvalue weighted by Crippen LogP contribution is 2.00. The van der Waals surface area contributed by atoms with Gasteiger partial charge in [0, 0.05) is 0 Å². The highest BCUT2D eigenvalue weighted by molar-refractivity contribution is 5.57. The number of rotatable bonds is 1. The Hall–Kier alpha value is -0.370. The molecule has 0 bridgehead atoms. The molecule has 48 valence electrons. The van der Waals surface area contributed by atoms with Crippen LogP contribution in [0.15, 0.2) is 0 Å². The molecule has 1 aliphatic rings. The lowest BCUT2D eigenvalue weighted by atomic mass is 10.2. The molecule has 1 atom stereocenters. The minimum atomic E-state index is 0. The van der Waals surface area contributed by atoms with Crippen molar-refractivity contribution in [2.24, 2.45) is 0 Å². The second-order valence-electron chi connectivity index (χ2n) is 1.84. The van der Waals surface area contributed by atoms with Crippen molar-refractivity contribution in [1.82, 2.24) is 5.32 Å². The van der Waals surface area contributed by atoms with Gasteiger partial charge in [-0.15, -0.1) is 0 Å². The Morgan fingerprint density at radius 3 is 2.62 bits per heavy atom. The topological polar surface area (TPSA) is 29.1 Å². The van der Waals surface area contributed by atoms with Crippen LogP contribution in [0.5, 0.6) is 0 Å². The smallest absolute Gasteiger partial charge is 0.136 e. The molecular formula is C6H13NO. The van der Waals surface area contributed by atoms with Crippen molar-refractivity contribution in [3.05, 3.63) is 0 Å². The van der Waals surface area contributed by atoms with E-state index in [1.165, 1.54) is 0 Å². The summed E-state index contributed by atoms with van der Waals surface area (Å²) >= 11 is 0. The van der Waals surface area contributed by atoms with E-state index in [9.17, 15) is 4.79 Å². The number of carbonyl (C=O) groups is 1. The fourth-order valence-electron chi connectivity index (χ4n) is 0.828. The van der Waals surface area contributed by atoms with Crippen LogP contribution in [-0.2, 0) is 4.79 Å². The normalized spacial score (nSPS) is 26.8. The molecule has 1 aliphatic heterocycles. The molecule has 1 heterocycles. The summed E-state index contributed by atoms with van der Waals surface area (Å²) in [6.07, 6.45) is 3.17. The Morgan fingerprint density at radius 2 is 2.38 bits per heavy atom. The lowest BCUT2D eigenvalue weighted by Gasteiger charge is -1.93. The molecule has 0 aromatic heterocycles. The summed E-state index contributed by atoms with van der Waals surface area (Å²) in [6.45, 7) is 1.02. The van der Waals surface area contributed by atoms with Crippen LogP contribution in [0.2, 0.25) is 0 Å². The summed E-state index contributed by atoms with van der Waals surface area (Å²) in [7, 11) is 0. The van der Waals surface area contributed by atoms with Gasteiger partial charge in [0.2, 0.25) is 0 Å². The third-order valence-corrected chi connectivity index (χ3v) is 1.26. The van der Waals surface area contributed by atoms with E-state index >= 15 is 0 Å². The summed E-state index contributed by atoms with van der Waals surface area (Å²) in [6, 6.07) is 0.167. The second-order valence-corrected chi connectivity index (χ2v) is 1.84. The predicted octanol–water partition coefficient (Wildman–Crippen LogP) is 0.573. The molecule has 0 aliphatic carbocycles. The van der Waals surface area contributed by atoms with E-state index in [1.807, 2.05) is 0 Å². The molecular weight excluding hydrogens is 102 g/mol. The molecule has 1 saturated heterocycles. The van der Waals surface area contributed by atoms with Crippen molar-refractivity contribution in [2.75, 3.05) is 6.54 Å². The van der Waals surface area contributed by atoms with Gasteiger partial charge in [0.15, 0.2) is 0 Å². The van der Waals surface area contributed by atoms with Gasteiger partial charge in [-0.3, -0.25) is 0 Å². The average Bonchev–Trinajstić information content (AvgIpc) is 2.14. The monoisotopic (exact) mass is 115 g/mol. The highest BCUT2D eigenvalue weighted by atomic mass is 16.1. The molecule has 0 aromatic carbocycles. The van der Waals surface area contributed by atoms with Crippen LogP contribution in [0.4, 0.5) is 0 Å². The summed E-state index contributed by atoms with van der Waals surface area (Å²) in [5, 5.41) is 3.04. The molecule has 2 heteroatoms. The van der Waals surface area contributed by atoms with Crippen LogP contribution in [0, 0.1) is 0 Å². The standard InChI is InChI=1S/C5H9NO.CH4/c7-4-5-2-1-3-6-5;/h4-6H,1-3H2;1H4. The van der Waals surface area contributed by atoms with Gasteiger partial charge in [-0.25, -0.2) is 0 Å². The van der Waals surface area contributed by atoms with Gasteiger partial charge in [0.05, 0.1) is 6.04 Å². The Morgan fingerprint density at radius 1 is 1.62 bits per heavy atom. The van der Waals surface area contributed by atoms with E-state index in [-0.39, 0.29) is 13.5 Å². The minimum absolute atomic E-state index is 0. The molecule has 0 spiro atoms. The molecule has 0 saturated carbocycles. The first-order valence-electron chi connectivity index (χ1n) is 2.62. The van der Waals surface area contributed by atoms with Gasteiger partial charge in [-0.05, 0) is 19.4 Å². The maximum atomic E-state index is 9.94. The molecule has 1 fully saturated rings. The van der Waals surface area contributed by atoms with E-state index in [0.29, 0.717) is 0 Å². The quantitative estimate of drug-likeness (QED) is 0.506. The molecule has 2 nitrogen and oxygen atoms in total. The van der Waals surface area contributed by atoms with Crippen molar-refractivity contribution < 1.29 is 4.79 Å². The molecule has 1 N–H and O–H groups in total. The number of hydrogen-bond acceptors (Lipinski definition) is 2. The average molecular weight is 115 g/mol. The highest BCUT2D eigenvalue weighted by Gasteiger charge is 2.10. The number of carbonyl (C=O) groups excluding carboxylic acids is 1. The van der Waals surface area contributed by atoms with Gasteiger partial charge in [-0.2, -0.15) is 0 Å². The molecule has 0 aromatic rings. The first-order chi connectivity index (χ1) is 3.43. The van der Waals surface area contributed by atoms with E-state index in [1.54, 1.807) is 0 Å². The summed E-state index contributed by atoms with van der Waals surface area (Å²) in [4.78, 5) is 9.94. The lowest BCUT2D eigenvalue weighted by Crippen LogP contribution is -2.21. The lowest BCUT2D eigenvalue weighted by molar-refractivity contribution is -0.109. The Balaban J connectivity index is 0.000000490. The van der Waals surface area contributed by atoms with E-state index in [4.69, 9.17) is 0 Å². The molecule has 0 radical (unpaired) electrons. The van der Waals surface area contributed by atoms with Crippen molar-refractivity contribution in [3.63, 3.8) is 0 Å². The second kappa shape index (κ2) is 3.61. The Bertz CT molecular complexity index is 66.9. The molecule has 0 amide bonds. The third-order valence-electron chi connectivity index (χ3n) is 1.26. The first-order valence-corrected chi connectivity index (χ1v) is 2.62.